The molecule has 2 aromatic rings. The van der Waals surface area contributed by atoms with Crippen molar-refractivity contribution in [3.05, 3.63) is 64.2 Å². The first-order valence-corrected chi connectivity index (χ1v) is 7.30. The van der Waals surface area contributed by atoms with E-state index in [2.05, 4.69) is 20.8 Å². The Morgan fingerprint density at radius 3 is 2.38 bits per heavy atom. The molecule has 1 aliphatic heterocycles. The Bertz CT molecular complexity index is 726. The fourth-order valence-electron chi connectivity index (χ4n) is 2.80. The van der Waals surface area contributed by atoms with Gasteiger partial charge >= 0.3 is 0 Å². The largest absolute Gasteiger partial charge is 0.487 e. The average Bonchev–Trinajstić information content (AvgIpc) is 2.73. The van der Waals surface area contributed by atoms with Crippen LogP contribution in [0.25, 0.3) is 0 Å². The van der Waals surface area contributed by atoms with E-state index < -0.39 is 0 Å². The molecule has 0 radical (unpaired) electrons. The maximum atomic E-state index is 12.6. The van der Waals surface area contributed by atoms with Crippen molar-refractivity contribution in [2.75, 3.05) is 0 Å². The molecule has 0 spiro atoms. The quantitative estimate of drug-likeness (QED) is 0.769. The Morgan fingerprint density at radius 1 is 1.00 bits per heavy atom. The first-order valence-electron chi connectivity index (χ1n) is 7.30. The highest BCUT2D eigenvalue weighted by atomic mass is 16.5. The summed E-state index contributed by atoms with van der Waals surface area (Å²) in [5, 5.41) is 0. The molecule has 0 N–H and O–H groups in total. The van der Waals surface area contributed by atoms with Gasteiger partial charge in [0.15, 0.2) is 5.78 Å². The molecule has 2 nitrogen and oxygen atoms in total. The minimum Gasteiger partial charge on any atom is -0.487 e. The number of hydrogen-bond acceptors (Lipinski definition) is 2. The molecule has 0 aliphatic carbocycles. The van der Waals surface area contributed by atoms with Crippen molar-refractivity contribution in [1.29, 1.82) is 0 Å². The Balaban J connectivity index is 1.95. The number of rotatable bonds is 2. The molecule has 1 heterocycles. The van der Waals surface area contributed by atoms with E-state index in [1.807, 2.05) is 43.3 Å². The summed E-state index contributed by atoms with van der Waals surface area (Å²) in [5.74, 6) is 0.974. The van der Waals surface area contributed by atoms with Gasteiger partial charge in [0.1, 0.15) is 11.4 Å². The van der Waals surface area contributed by atoms with Gasteiger partial charge in [0, 0.05) is 17.5 Å². The van der Waals surface area contributed by atoms with Crippen molar-refractivity contribution in [2.24, 2.45) is 0 Å². The van der Waals surface area contributed by atoms with Gasteiger partial charge in [-0.2, -0.15) is 0 Å². The third-order valence-electron chi connectivity index (χ3n) is 4.09. The molecule has 21 heavy (non-hydrogen) atoms. The molecular weight excluding hydrogens is 260 g/mol. The lowest BCUT2D eigenvalue weighted by Gasteiger charge is -2.16. The molecule has 3 rings (SSSR count). The normalized spacial score (nSPS) is 15.4. The second kappa shape index (κ2) is 4.73. The monoisotopic (exact) mass is 280 g/mol. The smallest absolute Gasteiger partial charge is 0.193 e. The molecule has 2 heteroatoms. The number of ketones is 1. The first kappa shape index (κ1) is 13.9. The summed E-state index contributed by atoms with van der Waals surface area (Å²) in [6.07, 6.45) is 0.844. The van der Waals surface area contributed by atoms with E-state index in [1.165, 1.54) is 5.56 Å². The zero-order chi connectivity index (χ0) is 15.2. The van der Waals surface area contributed by atoms with Crippen LogP contribution >= 0.6 is 0 Å². The van der Waals surface area contributed by atoms with E-state index in [9.17, 15) is 4.79 Å². The fraction of sp³-hybridized carbons (Fsp3) is 0.316. The third kappa shape index (κ3) is 2.58. The van der Waals surface area contributed by atoms with Crippen LogP contribution in [-0.2, 0) is 6.42 Å². The number of fused-ring (bicyclic) bond motifs is 1. The fourth-order valence-corrected chi connectivity index (χ4v) is 2.80. The van der Waals surface area contributed by atoms with E-state index >= 15 is 0 Å². The van der Waals surface area contributed by atoms with Gasteiger partial charge in [-0.05, 0) is 68.7 Å². The molecule has 0 aromatic heterocycles. The maximum Gasteiger partial charge on any atom is 0.193 e. The van der Waals surface area contributed by atoms with Crippen LogP contribution in [0.3, 0.4) is 0 Å². The molecule has 0 fully saturated rings. The summed E-state index contributed by atoms with van der Waals surface area (Å²) in [5.41, 5.74) is 4.77. The van der Waals surface area contributed by atoms with E-state index in [0.29, 0.717) is 0 Å². The van der Waals surface area contributed by atoms with Crippen molar-refractivity contribution in [3.63, 3.8) is 0 Å². The van der Waals surface area contributed by atoms with Crippen LogP contribution in [0.15, 0.2) is 36.4 Å². The van der Waals surface area contributed by atoms with Crippen LogP contribution < -0.4 is 4.74 Å². The Morgan fingerprint density at radius 2 is 1.67 bits per heavy atom. The van der Waals surface area contributed by atoms with Gasteiger partial charge < -0.3 is 4.74 Å². The zero-order valence-electron chi connectivity index (χ0n) is 13.0. The lowest BCUT2D eigenvalue weighted by molar-refractivity contribution is 0.103. The molecule has 108 valence electrons. The number of aryl methyl sites for hydroxylation is 2. The summed E-state index contributed by atoms with van der Waals surface area (Å²) in [6, 6.07) is 11.6. The molecule has 0 unspecified atom stereocenters. The van der Waals surface area contributed by atoms with Gasteiger partial charge in [0.25, 0.3) is 0 Å². The molecule has 0 bridgehead atoms. The standard InChI is InChI=1S/C19H20O2/c1-12-5-6-14(9-13(12)2)18(20)15-7-8-17-16(10-15)11-19(3,4)21-17/h5-10H,11H2,1-4H3. The summed E-state index contributed by atoms with van der Waals surface area (Å²) in [7, 11) is 0. The van der Waals surface area contributed by atoms with Crippen LogP contribution in [0.2, 0.25) is 0 Å². The van der Waals surface area contributed by atoms with Gasteiger partial charge in [0.05, 0.1) is 0 Å². The van der Waals surface area contributed by atoms with E-state index in [4.69, 9.17) is 4.74 Å². The summed E-state index contributed by atoms with van der Waals surface area (Å²) in [4.78, 5) is 12.6. The molecule has 2 aromatic carbocycles. The predicted octanol–water partition coefficient (Wildman–Crippen LogP) is 4.25. The van der Waals surface area contributed by atoms with E-state index in [0.717, 1.165) is 34.4 Å². The molecular formula is C19H20O2. The molecule has 1 aliphatic rings. The Labute approximate surface area is 125 Å². The van der Waals surface area contributed by atoms with Crippen molar-refractivity contribution >= 4 is 5.78 Å². The second-order valence-electron chi connectivity index (χ2n) is 6.49. The summed E-state index contributed by atoms with van der Waals surface area (Å²) < 4.78 is 5.86. The van der Waals surface area contributed by atoms with Crippen molar-refractivity contribution < 1.29 is 9.53 Å². The molecule has 0 saturated carbocycles. The predicted molar refractivity (Wildman–Crippen MR) is 84.2 cm³/mol. The van der Waals surface area contributed by atoms with Gasteiger partial charge in [-0.15, -0.1) is 0 Å². The highest BCUT2D eigenvalue weighted by Gasteiger charge is 2.30. The highest BCUT2D eigenvalue weighted by molar-refractivity contribution is 6.09. The maximum absolute atomic E-state index is 12.6. The Hall–Kier alpha value is -2.09. The summed E-state index contributed by atoms with van der Waals surface area (Å²) in [6.45, 7) is 8.22. The summed E-state index contributed by atoms with van der Waals surface area (Å²) >= 11 is 0. The van der Waals surface area contributed by atoms with Gasteiger partial charge in [-0.1, -0.05) is 12.1 Å². The number of carbonyl (C=O) groups is 1. The topological polar surface area (TPSA) is 26.3 Å². The minimum absolute atomic E-state index is 0.0746. The minimum atomic E-state index is -0.176. The molecule has 0 saturated heterocycles. The van der Waals surface area contributed by atoms with Gasteiger partial charge in [-0.25, -0.2) is 0 Å². The number of benzene rings is 2. The number of carbonyl (C=O) groups excluding carboxylic acids is 1. The lowest BCUT2D eigenvalue weighted by atomic mass is 9.96. The SMILES string of the molecule is Cc1ccc(C(=O)c2ccc3c(c2)CC(C)(C)O3)cc1C. The number of hydrogen-bond donors (Lipinski definition) is 0. The Kier molecular flexibility index (Phi) is 3.12. The van der Waals surface area contributed by atoms with Crippen molar-refractivity contribution in [3.8, 4) is 5.75 Å². The second-order valence-corrected chi connectivity index (χ2v) is 6.49. The van der Waals surface area contributed by atoms with Crippen molar-refractivity contribution in [2.45, 2.75) is 39.7 Å². The van der Waals surface area contributed by atoms with Gasteiger partial charge in [0.2, 0.25) is 0 Å². The molecule has 0 amide bonds. The lowest BCUT2D eigenvalue weighted by Crippen LogP contribution is -2.24. The van der Waals surface area contributed by atoms with E-state index in [1.54, 1.807) is 0 Å². The van der Waals surface area contributed by atoms with Crippen LogP contribution in [0, 0.1) is 13.8 Å². The number of ether oxygens (including phenoxy) is 1. The van der Waals surface area contributed by atoms with E-state index in [-0.39, 0.29) is 11.4 Å². The third-order valence-corrected chi connectivity index (χ3v) is 4.09. The van der Waals surface area contributed by atoms with Crippen LogP contribution in [0.4, 0.5) is 0 Å². The highest BCUT2D eigenvalue weighted by Crippen LogP contribution is 2.35. The zero-order valence-corrected chi connectivity index (χ0v) is 13.0. The average molecular weight is 280 g/mol. The van der Waals surface area contributed by atoms with Crippen LogP contribution in [0.5, 0.6) is 5.75 Å². The van der Waals surface area contributed by atoms with Crippen LogP contribution in [-0.4, -0.2) is 11.4 Å². The van der Waals surface area contributed by atoms with Crippen molar-refractivity contribution in [1.82, 2.24) is 0 Å². The van der Waals surface area contributed by atoms with Gasteiger partial charge in [-0.3, -0.25) is 4.79 Å². The van der Waals surface area contributed by atoms with Crippen LogP contribution in [0.1, 0.15) is 46.5 Å². The molecule has 0 atom stereocenters. The first-order chi connectivity index (χ1) is 9.85.